The van der Waals surface area contributed by atoms with Crippen LogP contribution in [0.4, 0.5) is 4.39 Å². The van der Waals surface area contributed by atoms with Crippen LogP contribution in [0.5, 0.6) is 0 Å². The Balaban J connectivity index is 2.64. The van der Waals surface area contributed by atoms with E-state index in [1.54, 1.807) is 13.0 Å². The minimum Gasteiger partial charge on any atom is -0.466 e. The van der Waals surface area contributed by atoms with E-state index in [1.807, 2.05) is 0 Å². The highest BCUT2D eigenvalue weighted by molar-refractivity contribution is 6.32. The third kappa shape index (κ3) is 4.17. The molecule has 1 unspecified atom stereocenters. The number of esters is 1. The number of ether oxygens (including phenoxy) is 1. The fourth-order valence-corrected chi connectivity index (χ4v) is 2.11. The van der Waals surface area contributed by atoms with Gasteiger partial charge in [-0.05, 0) is 25.5 Å². The van der Waals surface area contributed by atoms with E-state index in [4.69, 9.17) is 27.9 Å². The first kappa shape index (κ1) is 14.3. The summed E-state index contributed by atoms with van der Waals surface area (Å²) in [7, 11) is 0. The van der Waals surface area contributed by atoms with Gasteiger partial charge >= 0.3 is 5.97 Å². The van der Waals surface area contributed by atoms with Gasteiger partial charge in [0.25, 0.3) is 0 Å². The van der Waals surface area contributed by atoms with Crippen LogP contribution in [0, 0.1) is 5.82 Å². The van der Waals surface area contributed by atoms with Crippen LogP contribution in [-0.4, -0.2) is 12.6 Å². The molecule has 1 aromatic rings. The number of hydrogen-bond donors (Lipinski definition) is 0. The van der Waals surface area contributed by atoms with Gasteiger partial charge in [0.05, 0.1) is 12.0 Å². The summed E-state index contributed by atoms with van der Waals surface area (Å²) in [5, 5.41) is -0.359. The van der Waals surface area contributed by atoms with Crippen LogP contribution in [-0.2, 0) is 9.53 Å². The van der Waals surface area contributed by atoms with E-state index in [-0.39, 0.29) is 23.0 Å². The molecule has 0 N–H and O–H groups in total. The first-order chi connectivity index (χ1) is 8.06. The molecule has 0 amide bonds. The van der Waals surface area contributed by atoms with Crippen molar-refractivity contribution in [2.75, 3.05) is 6.61 Å². The molecule has 94 valence electrons. The molecule has 17 heavy (non-hydrogen) atoms. The number of rotatable bonds is 5. The van der Waals surface area contributed by atoms with Gasteiger partial charge in [-0.2, -0.15) is 0 Å². The van der Waals surface area contributed by atoms with Crippen molar-refractivity contribution in [2.24, 2.45) is 0 Å². The van der Waals surface area contributed by atoms with E-state index < -0.39 is 11.2 Å². The highest BCUT2D eigenvalue weighted by atomic mass is 35.5. The summed E-state index contributed by atoms with van der Waals surface area (Å²) in [5.74, 6) is -0.799. The number of halogens is 3. The minimum absolute atomic E-state index is 0.146. The fraction of sp³-hybridized carbons (Fsp3) is 0.417. The van der Waals surface area contributed by atoms with Crippen molar-refractivity contribution >= 4 is 29.2 Å². The first-order valence-corrected chi connectivity index (χ1v) is 6.11. The van der Waals surface area contributed by atoms with Crippen LogP contribution >= 0.6 is 23.2 Å². The average Bonchev–Trinajstić information content (AvgIpc) is 2.26. The molecular weight excluding hydrogens is 266 g/mol. The zero-order chi connectivity index (χ0) is 12.8. The molecule has 0 aliphatic carbocycles. The maximum atomic E-state index is 13.5. The third-order valence-corrected chi connectivity index (χ3v) is 2.99. The minimum atomic E-state index is -0.631. The molecule has 1 aromatic carbocycles. The van der Waals surface area contributed by atoms with E-state index in [0.29, 0.717) is 13.0 Å². The maximum absolute atomic E-state index is 13.5. The monoisotopic (exact) mass is 278 g/mol. The van der Waals surface area contributed by atoms with Gasteiger partial charge in [0.2, 0.25) is 0 Å². The Morgan fingerprint density at radius 3 is 2.82 bits per heavy atom. The summed E-state index contributed by atoms with van der Waals surface area (Å²) < 4.78 is 18.3. The average molecular weight is 279 g/mol. The van der Waals surface area contributed by atoms with Crippen molar-refractivity contribution in [3.05, 3.63) is 34.6 Å². The quantitative estimate of drug-likeness (QED) is 0.599. The van der Waals surface area contributed by atoms with Gasteiger partial charge in [0, 0.05) is 17.0 Å². The molecule has 0 saturated carbocycles. The lowest BCUT2D eigenvalue weighted by atomic mass is 10.1. The lowest BCUT2D eigenvalue weighted by Crippen LogP contribution is -2.06. The lowest BCUT2D eigenvalue weighted by molar-refractivity contribution is -0.143. The zero-order valence-electron chi connectivity index (χ0n) is 9.38. The van der Waals surface area contributed by atoms with Crippen LogP contribution in [0.25, 0.3) is 0 Å². The normalized spacial score (nSPS) is 12.2. The molecule has 5 heteroatoms. The molecule has 0 spiro atoms. The number of alkyl halides is 1. The summed E-state index contributed by atoms with van der Waals surface area (Å²) in [4.78, 5) is 11.1. The van der Waals surface area contributed by atoms with Crippen molar-refractivity contribution < 1.29 is 13.9 Å². The van der Waals surface area contributed by atoms with Crippen LogP contribution in [0.1, 0.15) is 30.7 Å². The largest absolute Gasteiger partial charge is 0.466 e. The van der Waals surface area contributed by atoms with Crippen molar-refractivity contribution in [3.63, 3.8) is 0 Å². The molecule has 0 saturated heterocycles. The Morgan fingerprint density at radius 1 is 1.53 bits per heavy atom. The summed E-state index contributed by atoms with van der Waals surface area (Å²) in [6.07, 6.45) is 0.438. The first-order valence-electron chi connectivity index (χ1n) is 5.29. The summed E-state index contributed by atoms with van der Waals surface area (Å²) in [5.41, 5.74) is 0.236. The highest BCUT2D eigenvalue weighted by Gasteiger charge is 2.18. The Hall–Kier alpha value is -0.800. The van der Waals surface area contributed by atoms with Crippen LogP contribution in [0.3, 0.4) is 0 Å². The van der Waals surface area contributed by atoms with Gasteiger partial charge < -0.3 is 4.74 Å². The predicted molar refractivity (Wildman–Crippen MR) is 65.9 cm³/mol. The van der Waals surface area contributed by atoms with E-state index in [1.165, 1.54) is 12.1 Å². The van der Waals surface area contributed by atoms with Crippen LogP contribution in [0.2, 0.25) is 5.02 Å². The van der Waals surface area contributed by atoms with Crippen molar-refractivity contribution in [2.45, 2.75) is 25.1 Å². The summed E-state index contributed by atoms with van der Waals surface area (Å²) >= 11 is 11.9. The Morgan fingerprint density at radius 2 is 2.24 bits per heavy atom. The number of benzene rings is 1. The van der Waals surface area contributed by atoms with Gasteiger partial charge in [0.1, 0.15) is 5.82 Å². The fourth-order valence-electron chi connectivity index (χ4n) is 1.43. The van der Waals surface area contributed by atoms with Crippen LogP contribution in [0.15, 0.2) is 18.2 Å². The molecular formula is C12H13Cl2FO2. The molecule has 0 aliphatic heterocycles. The Labute approximate surface area is 110 Å². The van der Waals surface area contributed by atoms with Gasteiger partial charge in [-0.15, -0.1) is 11.6 Å². The topological polar surface area (TPSA) is 26.3 Å². The lowest BCUT2D eigenvalue weighted by Gasteiger charge is -2.12. The smallest absolute Gasteiger partial charge is 0.305 e. The number of hydrogen-bond acceptors (Lipinski definition) is 2. The van der Waals surface area contributed by atoms with Crippen molar-refractivity contribution in [1.29, 1.82) is 0 Å². The molecule has 0 bridgehead atoms. The summed E-state index contributed by atoms with van der Waals surface area (Å²) in [6.45, 7) is 2.05. The van der Waals surface area contributed by atoms with Crippen molar-refractivity contribution in [1.82, 2.24) is 0 Å². The molecule has 0 heterocycles. The van der Waals surface area contributed by atoms with E-state index in [2.05, 4.69) is 0 Å². The number of carbonyl (C=O) groups is 1. The second kappa shape index (κ2) is 6.82. The predicted octanol–water partition coefficient (Wildman–Crippen LogP) is 4.10. The van der Waals surface area contributed by atoms with Crippen molar-refractivity contribution in [3.8, 4) is 0 Å². The standard InChI is InChI=1S/C12H13Cl2FO2/c1-2-17-11(16)7-6-9(14)12-8(13)4-3-5-10(12)15/h3-5,9H,2,6-7H2,1H3. The van der Waals surface area contributed by atoms with E-state index in [9.17, 15) is 9.18 Å². The molecule has 0 aliphatic rings. The SMILES string of the molecule is CCOC(=O)CCC(Cl)c1c(F)cccc1Cl. The molecule has 0 fully saturated rings. The van der Waals surface area contributed by atoms with E-state index >= 15 is 0 Å². The number of carbonyl (C=O) groups excluding carboxylic acids is 1. The van der Waals surface area contributed by atoms with Crippen LogP contribution < -0.4 is 0 Å². The second-order valence-electron chi connectivity index (χ2n) is 3.45. The highest BCUT2D eigenvalue weighted by Crippen LogP contribution is 2.33. The molecule has 1 rings (SSSR count). The molecule has 2 nitrogen and oxygen atoms in total. The Kier molecular flexibility index (Phi) is 5.72. The van der Waals surface area contributed by atoms with Gasteiger partial charge in [-0.25, -0.2) is 4.39 Å². The van der Waals surface area contributed by atoms with Gasteiger partial charge in [0.15, 0.2) is 0 Å². The third-order valence-electron chi connectivity index (χ3n) is 2.22. The van der Waals surface area contributed by atoms with E-state index in [0.717, 1.165) is 0 Å². The zero-order valence-corrected chi connectivity index (χ0v) is 10.9. The maximum Gasteiger partial charge on any atom is 0.305 e. The summed E-state index contributed by atoms with van der Waals surface area (Å²) in [6, 6.07) is 4.37. The molecule has 0 radical (unpaired) electrons. The Bertz CT molecular complexity index is 376. The second-order valence-corrected chi connectivity index (χ2v) is 4.38. The molecule has 1 atom stereocenters. The van der Waals surface area contributed by atoms with Gasteiger partial charge in [-0.1, -0.05) is 17.7 Å². The van der Waals surface area contributed by atoms with Gasteiger partial charge in [-0.3, -0.25) is 4.79 Å². The molecule has 0 aromatic heterocycles.